The van der Waals surface area contributed by atoms with Crippen molar-refractivity contribution in [3.63, 3.8) is 0 Å². The summed E-state index contributed by atoms with van der Waals surface area (Å²) < 4.78 is 5.63. The summed E-state index contributed by atoms with van der Waals surface area (Å²) in [4.78, 5) is 57.3. The number of carbonyl (C=O) groups excluding carboxylic acids is 4. The minimum absolute atomic E-state index is 0.142. The summed E-state index contributed by atoms with van der Waals surface area (Å²) in [5.74, 6) is 2.94. The van der Waals surface area contributed by atoms with Gasteiger partial charge in [0.15, 0.2) is 0 Å². The first-order valence-corrected chi connectivity index (χ1v) is 17.6. The summed E-state index contributed by atoms with van der Waals surface area (Å²) in [5, 5.41) is 3.02. The van der Waals surface area contributed by atoms with Crippen LogP contribution in [0.4, 0.5) is 10.5 Å². The molecule has 0 saturated carbocycles. The molecule has 3 amide bonds. The van der Waals surface area contributed by atoms with Crippen LogP contribution in [0.2, 0.25) is 16.6 Å². The molecule has 0 radical (unpaired) electrons. The second-order valence-electron chi connectivity index (χ2n) is 14.0. The lowest BCUT2D eigenvalue weighted by molar-refractivity contribution is -0.140. The van der Waals surface area contributed by atoms with Crippen molar-refractivity contribution in [1.29, 1.82) is 0 Å². The van der Waals surface area contributed by atoms with E-state index in [1.807, 2.05) is 24.3 Å². The summed E-state index contributed by atoms with van der Waals surface area (Å²) in [5.41, 5.74) is 4.33. The zero-order valence-corrected chi connectivity index (χ0v) is 27.6. The molecule has 3 aliphatic rings. The topological polar surface area (TPSA) is 96.0 Å². The zero-order chi connectivity index (χ0) is 31.2. The number of likely N-dealkylation sites (tertiary alicyclic amines) is 2. The Morgan fingerprint density at radius 1 is 1.10 bits per heavy atom. The third-order valence-corrected chi connectivity index (χ3v) is 15.9. The first-order chi connectivity index (χ1) is 19.6. The van der Waals surface area contributed by atoms with Gasteiger partial charge in [-0.25, -0.2) is 4.79 Å². The number of carbonyl (C=O) groups is 4. The fourth-order valence-corrected chi connectivity index (χ4v) is 13.0. The van der Waals surface area contributed by atoms with Gasteiger partial charge >= 0.3 is 6.09 Å². The highest BCUT2D eigenvalue weighted by Gasteiger charge is 2.63. The van der Waals surface area contributed by atoms with E-state index in [-0.39, 0.29) is 18.2 Å². The van der Waals surface area contributed by atoms with E-state index in [1.165, 1.54) is 9.80 Å². The molecule has 4 atom stereocenters. The van der Waals surface area contributed by atoms with Crippen molar-refractivity contribution in [3.8, 4) is 11.5 Å². The van der Waals surface area contributed by atoms with Crippen LogP contribution in [0, 0.1) is 11.5 Å². The molecule has 9 heteroatoms. The zero-order valence-electron chi connectivity index (χ0n) is 26.6. The third-order valence-electron chi connectivity index (χ3n) is 9.56. The van der Waals surface area contributed by atoms with Crippen molar-refractivity contribution in [2.24, 2.45) is 0 Å². The van der Waals surface area contributed by atoms with Crippen molar-refractivity contribution < 1.29 is 23.9 Å². The van der Waals surface area contributed by atoms with Crippen LogP contribution in [0.25, 0.3) is 0 Å². The normalized spacial score (nSPS) is 25.6. The monoisotopic (exact) mass is 593 g/mol. The van der Waals surface area contributed by atoms with E-state index in [4.69, 9.17) is 4.74 Å². The Kier molecular flexibility index (Phi) is 8.72. The molecule has 1 N–H and O–H groups in total. The van der Waals surface area contributed by atoms with Gasteiger partial charge in [0.05, 0.1) is 6.04 Å². The highest BCUT2D eigenvalue weighted by Crippen LogP contribution is 2.51. The van der Waals surface area contributed by atoms with Crippen LogP contribution < -0.4 is 5.32 Å². The molecule has 1 spiro atoms. The number of aldehydes is 1. The lowest BCUT2D eigenvalue weighted by atomic mass is 9.74. The van der Waals surface area contributed by atoms with Crippen LogP contribution in [0.3, 0.4) is 0 Å². The summed E-state index contributed by atoms with van der Waals surface area (Å²) >= 11 is 0. The number of amides is 3. The maximum atomic E-state index is 14.5. The second-order valence-corrected chi connectivity index (χ2v) is 19.6. The van der Waals surface area contributed by atoms with E-state index >= 15 is 0 Å². The lowest BCUT2D eigenvalue weighted by Gasteiger charge is -2.39. The van der Waals surface area contributed by atoms with E-state index in [9.17, 15) is 19.2 Å². The summed E-state index contributed by atoms with van der Waals surface area (Å²) in [7, 11) is -2.27. The van der Waals surface area contributed by atoms with Gasteiger partial charge in [-0.3, -0.25) is 14.5 Å². The average Bonchev–Trinajstić information content (AvgIpc) is 3.58. The molecule has 3 aliphatic heterocycles. The number of ether oxygens (including phenoxy) is 1. The summed E-state index contributed by atoms with van der Waals surface area (Å²) in [6, 6.07) is 4.99. The summed E-state index contributed by atoms with van der Waals surface area (Å²) in [6.07, 6.45) is 1.46. The molecule has 42 heavy (non-hydrogen) atoms. The molecule has 3 heterocycles. The smallest absolute Gasteiger partial charge is 0.410 e. The number of hydrogen-bond acceptors (Lipinski definition) is 5. The Morgan fingerprint density at radius 2 is 1.71 bits per heavy atom. The number of para-hydroxylation sites is 1. The Morgan fingerprint density at radius 3 is 2.29 bits per heavy atom. The summed E-state index contributed by atoms with van der Waals surface area (Å²) in [6.45, 7) is 19.1. The number of anilines is 1. The van der Waals surface area contributed by atoms with Crippen LogP contribution in [-0.2, 0) is 24.5 Å². The fraction of sp³-hybridized carbons (Fsp3) is 0.636. The van der Waals surface area contributed by atoms with Crippen molar-refractivity contribution in [1.82, 2.24) is 9.80 Å². The van der Waals surface area contributed by atoms with E-state index in [0.717, 1.165) is 11.8 Å². The minimum Gasteiger partial charge on any atom is -0.444 e. The van der Waals surface area contributed by atoms with Crippen molar-refractivity contribution >= 4 is 38.0 Å². The van der Waals surface area contributed by atoms with Crippen molar-refractivity contribution in [2.75, 3.05) is 11.9 Å². The van der Waals surface area contributed by atoms with Gasteiger partial charge in [-0.1, -0.05) is 65.7 Å². The molecule has 1 aromatic carbocycles. The Bertz CT molecular complexity index is 1280. The van der Waals surface area contributed by atoms with Crippen LogP contribution in [0.1, 0.15) is 87.1 Å². The molecule has 0 aromatic heterocycles. The Balaban J connectivity index is 1.88. The van der Waals surface area contributed by atoms with E-state index < -0.39 is 43.3 Å². The Hall–Kier alpha value is -3.12. The van der Waals surface area contributed by atoms with Gasteiger partial charge < -0.3 is 19.7 Å². The molecule has 1 aromatic rings. The highest BCUT2D eigenvalue weighted by atomic mass is 28.3. The van der Waals surface area contributed by atoms with Gasteiger partial charge in [0.25, 0.3) is 0 Å². The molecule has 0 aliphatic carbocycles. The van der Waals surface area contributed by atoms with Gasteiger partial charge in [-0.2, -0.15) is 0 Å². The van der Waals surface area contributed by atoms with Crippen molar-refractivity contribution in [2.45, 2.75) is 127 Å². The quantitative estimate of drug-likeness (QED) is 0.270. The van der Waals surface area contributed by atoms with Crippen molar-refractivity contribution in [3.05, 3.63) is 29.8 Å². The molecule has 4 rings (SSSR count). The molecular weight excluding hydrogens is 546 g/mol. The number of rotatable bonds is 5. The maximum absolute atomic E-state index is 14.5. The van der Waals surface area contributed by atoms with Crippen LogP contribution in [-0.4, -0.2) is 72.3 Å². The van der Waals surface area contributed by atoms with Crippen LogP contribution in [0.5, 0.6) is 0 Å². The number of nitrogens with one attached hydrogen (secondary N) is 1. The van der Waals surface area contributed by atoms with Gasteiger partial charge in [-0.05, 0) is 68.3 Å². The Labute approximate surface area is 251 Å². The molecule has 228 valence electrons. The number of hydrogen-bond donors (Lipinski definition) is 1. The standard InChI is InChI=1S/C33H47N3O5Si/c1-21(2)42(22(3)4,23(5)6)18-16-28-33(25-13-10-11-14-26(25)34-30(33)39)19-24(20-37)36(28)29(38)27-15-12-17-35(27)31(40)41-32(7,8)9/h10-11,13-14,20-24,27-28H,12,15,17,19H2,1-9H3,(H,34,39)/t24-,27+,28?,33+/m1/s1. The van der Waals surface area contributed by atoms with E-state index in [2.05, 4.69) is 58.3 Å². The van der Waals surface area contributed by atoms with Gasteiger partial charge in [0.1, 0.15) is 37.5 Å². The van der Waals surface area contributed by atoms with E-state index in [1.54, 1.807) is 20.8 Å². The predicted octanol–water partition coefficient (Wildman–Crippen LogP) is 5.67. The van der Waals surface area contributed by atoms with Crippen LogP contribution in [0.15, 0.2) is 24.3 Å². The molecular formula is C33H47N3O5Si. The van der Waals surface area contributed by atoms with E-state index in [0.29, 0.717) is 41.7 Å². The SMILES string of the molecule is CC(C)[Si](C#CC1N(C(=O)[C@@H]2CCCN2C(=O)OC(C)(C)C)[C@@H](C=O)C[C@@]12C(=O)Nc1ccccc12)(C(C)C)C(C)C. The minimum atomic E-state index is -2.27. The number of nitrogens with zero attached hydrogens (tertiary/aromatic N) is 2. The lowest BCUT2D eigenvalue weighted by Crippen LogP contribution is -2.55. The third kappa shape index (κ3) is 5.16. The maximum Gasteiger partial charge on any atom is 0.410 e. The fourth-order valence-electron chi connectivity index (χ4n) is 7.74. The molecule has 0 bridgehead atoms. The molecule has 8 nitrogen and oxygen atoms in total. The number of benzene rings is 1. The first kappa shape index (κ1) is 31.8. The second kappa shape index (κ2) is 11.5. The largest absolute Gasteiger partial charge is 0.444 e. The molecule has 2 fully saturated rings. The highest BCUT2D eigenvalue weighted by molar-refractivity contribution is 6.90. The van der Waals surface area contributed by atoms with Gasteiger partial charge in [0.2, 0.25) is 11.8 Å². The van der Waals surface area contributed by atoms with Gasteiger partial charge in [-0.15, -0.1) is 5.54 Å². The first-order valence-electron chi connectivity index (χ1n) is 15.3. The van der Waals surface area contributed by atoms with Crippen LogP contribution >= 0.6 is 0 Å². The molecule has 2 saturated heterocycles. The van der Waals surface area contributed by atoms with Gasteiger partial charge in [0, 0.05) is 12.2 Å². The number of fused-ring (bicyclic) bond motifs is 2. The molecule has 1 unspecified atom stereocenters. The predicted molar refractivity (Wildman–Crippen MR) is 167 cm³/mol. The average molecular weight is 594 g/mol.